The zero-order valence-corrected chi connectivity index (χ0v) is 11.1. The molecule has 18 heavy (non-hydrogen) atoms. The van der Waals surface area contributed by atoms with Crippen molar-refractivity contribution >= 4 is 11.7 Å². The Hall–Kier alpha value is -1.71. The van der Waals surface area contributed by atoms with Gasteiger partial charge >= 0.3 is 5.97 Å². The zero-order valence-electron chi connectivity index (χ0n) is 11.1. The fourth-order valence-corrected chi connectivity index (χ4v) is 2.45. The van der Waals surface area contributed by atoms with Crippen LogP contribution < -0.4 is 10.1 Å². The number of carbonyl (C=O) groups excluding carboxylic acids is 1. The highest BCUT2D eigenvalue weighted by molar-refractivity contribution is 5.85. The van der Waals surface area contributed by atoms with Gasteiger partial charge in [-0.1, -0.05) is 6.92 Å². The largest absolute Gasteiger partial charge is 0.497 e. The number of methoxy groups -OCH3 is 2. The lowest BCUT2D eigenvalue weighted by molar-refractivity contribution is -0.146. The predicted molar refractivity (Wildman–Crippen MR) is 70.0 cm³/mol. The number of anilines is 1. The van der Waals surface area contributed by atoms with E-state index in [2.05, 4.69) is 5.32 Å². The third-order valence-corrected chi connectivity index (χ3v) is 3.69. The number of ether oxygens (including phenoxy) is 2. The van der Waals surface area contributed by atoms with Gasteiger partial charge in [-0.15, -0.1) is 0 Å². The van der Waals surface area contributed by atoms with Crippen molar-refractivity contribution in [1.82, 2.24) is 0 Å². The van der Waals surface area contributed by atoms with E-state index in [1.165, 1.54) is 12.7 Å². The van der Waals surface area contributed by atoms with Gasteiger partial charge in [0.2, 0.25) is 0 Å². The molecule has 0 aromatic heterocycles. The normalized spacial score (nSPS) is 21.7. The Morgan fingerprint density at radius 1 is 1.44 bits per heavy atom. The van der Waals surface area contributed by atoms with E-state index < -0.39 is 5.54 Å². The van der Waals surface area contributed by atoms with Crippen molar-refractivity contribution in [2.75, 3.05) is 19.5 Å². The van der Waals surface area contributed by atoms with Crippen LogP contribution in [0.2, 0.25) is 0 Å². The van der Waals surface area contributed by atoms with Crippen LogP contribution >= 0.6 is 0 Å². The summed E-state index contributed by atoms with van der Waals surface area (Å²) in [6, 6.07) is 5.87. The molecule has 4 heteroatoms. The molecule has 0 aliphatic carbocycles. The van der Waals surface area contributed by atoms with E-state index in [1.807, 2.05) is 25.1 Å². The van der Waals surface area contributed by atoms with Crippen LogP contribution in [0.1, 0.15) is 25.3 Å². The minimum Gasteiger partial charge on any atom is -0.497 e. The molecular formula is C14H19NO3. The zero-order chi connectivity index (χ0) is 13.2. The van der Waals surface area contributed by atoms with E-state index in [-0.39, 0.29) is 5.97 Å². The lowest BCUT2D eigenvalue weighted by atomic mass is 9.84. The van der Waals surface area contributed by atoms with Crippen molar-refractivity contribution < 1.29 is 14.3 Å². The first-order chi connectivity index (χ1) is 8.65. The van der Waals surface area contributed by atoms with E-state index in [4.69, 9.17) is 9.47 Å². The number of carbonyl (C=O) groups is 1. The summed E-state index contributed by atoms with van der Waals surface area (Å²) in [5.41, 5.74) is 1.59. The molecule has 1 heterocycles. The summed E-state index contributed by atoms with van der Waals surface area (Å²) < 4.78 is 10.1. The Morgan fingerprint density at radius 3 is 2.83 bits per heavy atom. The Bertz CT molecular complexity index is 458. The van der Waals surface area contributed by atoms with E-state index in [0.717, 1.165) is 24.3 Å². The summed E-state index contributed by atoms with van der Waals surface area (Å²) in [7, 11) is 3.09. The topological polar surface area (TPSA) is 47.6 Å². The maximum absolute atomic E-state index is 11.9. The molecule has 0 spiro atoms. The van der Waals surface area contributed by atoms with Crippen molar-refractivity contribution in [3.63, 3.8) is 0 Å². The standard InChI is InChI=1S/C14H19NO3/c1-4-14(13(16)18-3)8-7-10-9-11(17-2)5-6-12(10)15-14/h5-6,9,15H,4,7-8H2,1-3H3. The molecule has 0 amide bonds. The molecule has 1 atom stereocenters. The van der Waals surface area contributed by atoms with E-state index in [1.54, 1.807) is 7.11 Å². The highest BCUT2D eigenvalue weighted by Crippen LogP contribution is 2.35. The fourth-order valence-electron chi connectivity index (χ4n) is 2.45. The number of hydrogen-bond acceptors (Lipinski definition) is 4. The summed E-state index contributed by atoms with van der Waals surface area (Å²) in [6.45, 7) is 2.00. The number of fused-ring (bicyclic) bond motifs is 1. The second kappa shape index (κ2) is 4.88. The lowest BCUT2D eigenvalue weighted by Gasteiger charge is -2.36. The first kappa shape index (κ1) is 12.7. The van der Waals surface area contributed by atoms with E-state index in [0.29, 0.717) is 6.42 Å². The summed E-state index contributed by atoms with van der Waals surface area (Å²) in [4.78, 5) is 11.9. The van der Waals surface area contributed by atoms with Gasteiger partial charge < -0.3 is 14.8 Å². The van der Waals surface area contributed by atoms with Gasteiger partial charge in [-0.05, 0) is 43.0 Å². The van der Waals surface area contributed by atoms with Gasteiger partial charge in [0.05, 0.1) is 14.2 Å². The van der Waals surface area contributed by atoms with Crippen molar-refractivity contribution in [3.8, 4) is 5.75 Å². The summed E-state index contributed by atoms with van der Waals surface area (Å²) in [6.07, 6.45) is 2.31. The van der Waals surface area contributed by atoms with Crippen LogP contribution in [-0.2, 0) is 16.0 Å². The third-order valence-electron chi connectivity index (χ3n) is 3.69. The lowest BCUT2D eigenvalue weighted by Crippen LogP contribution is -2.49. The number of benzene rings is 1. The van der Waals surface area contributed by atoms with Crippen LogP contribution in [-0.4, -0.2) is 25.7 Å². The Morgan fingerprint density at radius 2 is 2.22 bits per heavy atom. The average Bonchev–Trinajstić information content (AvgIpc) is 2.45. The molecule has 1 N–H and O–H groups in total. The molecule has 0 bridgehead atoms. The minimum atomic E-state index is -0.587. The second-order valence-corrected chi connectivity index (χ2v) is 4.58. The van der Waals surface area contributed by atoms with E-state index >= 15 is 0 Å². The molecule has 1 aliphatic heterocycles. The molecule has 2 rings (SSSR count). The van der Waals surface area contributed by atoms with Crippen LogP contribution in [0.3, 0.4) is 0 Å². The quantitative estimate of drug-likeness (QED) is 0.835. The molecule has 0 saturated heterocycles. The highest BCUT2D eigenvalue weighted by atomic mass is 16.5. The molecular weight excluding hydrogens is 230 g/mol. The molecule has 1 unspecified atom stereocenters. The first-order valence-corrected chi connectivity index (χ1v) is 6.18. The number of esters is 1. The molecule has 0 fully saturated rings. The van der Waals surface area contributed by atoms with Crippen LogP contribution in [0.15, 0.2) is 18.2 Å². The SMILES string of the molecule is CCC1(C(=O)OC)CCc2cc(OC)ccc2N1. The van der Waals surface area contributed by atoms with Crippen molar-refractivity contribution in [2.45, 2.75) is 31.7 Å². The molecule has 0 radical (unpaired) electrons. The van der Waals surface area contributed by atoms with Crippen LogP contribution in [0.5, 0.6) is 5.75 Å². The van der Waals surface area contributed by atoms with Gasteiger partial charge in [-0.2, -0.15) is 0 Å². The van der Waals surface area contributed by atoms with Crippen molar-refractivity contribution in [2.24, 2.45) is 0 Å². The van der Waals surface area contributed by atoms with Gasteiger partial charge in [0, 0.05) is 5.69 Å². The molecule has 98 valence electrons. The smallest absolute Gasteiger partial charge is 0.331 e. The molecule has 0 saturated carbocycles. The maximum atomic E-state index is 11.9. The van der Waals surface area contributed by atoms with E-state index in [9.17, 15) is 4.79 Å². The highest BCUT2D eigenvalue weighted by Gasteiger charge is 2.40. The Kier molecular flexibility index (Phi) is 3.45. The van der Waals surface area contributed by atoms with Crippen LogP contribution in [0.4, 0.5) is 5.69 Å². The van der Waals surface area contributed by atoms with Crippen LogP contribution in [0, 0.1) is 0 Å². The van der Waals surface area contributed by atoms with Gasteiger partial charge in [0.15, 0.2) is 0 Å². The monoisotopic (exact) mass is 249 g/mol. The van der Waals surface area contributed by atoms with Crippen molar-refractivity contribution in [1.29, 1.82) is 0 Å². The minimum absolute atomic E-state index is 0.188. The molecule has 1 aromatic rings. The predicted octanol–water partition coefficient (Wildman–Crippen LogP) is 2.38. The maximum Gasteiger partial charge on any atom is 0.331 e. The number of hydrogen-bond donors (Lipinski definition) is 1. The molecule has 4 nitrogen and oxygen atoms in total. The van der Waals surface area contributed by atoms with Crippen molar-refractivity contribution in [3.05, 3.63) is 23.8 Å². The molecule has 1 aromatic carbocycles. The second-order valence-electron chi connectivity index (χ2n) is 4.58. The van der Waals surface area contributed by atoms with Gasteiger partial charge in [-0.3, -0.25) is 0 Å². The van der Waals surface area contributed by atoms with Crippen LogP contribution in [0.25, 0.3) is 0 Å². The molecule has 1 aliphatic rings. The summed E-state index contributed by atoms with van der Waals surface area (Å²) in [5, 5.41) is 3.33. The van der Waals surface area contributed by atoms with Gasteiger partial charge in [0.25, 0.3) is 0 Å². The summed E-state index contributed by atoms with van der Waals surface area (Å²) in [5.74, 6) is 0.657. The third kappa shape index (κ3) is 2.03. The first-order valence-electron chi connectivity index (χ1n) is 6.18. The number of rotatable bonds is 3. The Labute approximate surface area is 107 Å². The fraction of sp³-hybridized carbons (Fsp3) is 0.500. The summed E-state index contributed by atoms with van der Waals surface area (Å²) >= 11 is 0. The number of nitrogens with one attached hydrogen (secondary N) is 1. The van der Waals surface area contributed by atoms with Gasteiger partial charge in [-0.25, -0.2) is 4.79 Å². The average molecular weight is 249 g/mol. The number of aryl methyl sites for hydroxylation is 1. The van der Waals surface area contributed by atoms with Gasteiger partial charge in [0.1, 0.15) is 11.3 Å². The Balaban J connectivity index is 2.31.